The summed E-state index contributed by atoms with van der Waals surface area (Å²) in [5.74, 6) is 0.118. The lowest BCUT2D eigenvalue weighted by molar-refractivity contribution is -0.146. The maximum Gasteiger partial charge on any atom is 0.323 e. The van der Waals surface area contributed by atoms with E-state index in [-0.39, 0.29) is 36.6 Å². The van der Waals surface area contributed by atoms with E-state index in [0.717, 1.165) is 12.8 Å². The van der Waals surface area contributed by atoms with Gasteiger partial charge in [-0.3, -0.25) is 9.36 Å². The molecule has 3 aromatic rings. The van der Waals surface area contributed by atoms with Crippen LogP contribution in [-0.4, -0.2) is 67.9 Å². The minimum atomic E-state index is -3.82. The van der Waals surface area contributed by atoms with Crippen LogP contribution in [0.4, 0.5) is 5.82 Å². The highest BCUT2D eigenvalue weighted by atomic mass is 31.2. The fourth-order valence-electron chi connectivity index (χ4n) is 4.93. The predicted octanol–water partition coefficient (Wildman–Crippen LogP) is 2.77. The van der Waals surface area contributed by atoms with Crippen LogP contribution in [0.15, 0.2) is 48.8 Å². The Hall–Kier alpha value is -3.53. The summed E-state index contributed by atoms with van der Waals surface area (Å²) in [6.07, 6.45) is -1.66. The highest BCUT2D eigenvalue weighted by molar-refractivity contribution is 7.57. The first kappa shape index (κ1) is 31.4. The summed E-state index contributed by atoms with van der Waals surface area (Å²) in [6.45, 7) is 5.83. The van der Waals surface area contributed by atoms with Gasteiger partial charge in [0.25, 0.3) is 0 Å². The number of hydrogen-bond donors (Lipinski definition) is 4. The van der Waals surface area contributed by atoms with Crippen molar-refractivity contribution in [3.8, 4) is 11.8 Å². The minimum absolute atomic E-state index is 0.0886. The molecule has 1 fully saturated rings. The largest absolute Gasteiger partial charge is 0.464 e. The van der Waals surface area contributed by atoms with Crippen molar-refractivity contribution in [1.29, 1.82) is 5.26 Å². The number of nitrogens with one attached hydrogen (secondary N) is 1. The molecule has 226 valence electrons. The fourth-order valence-corrected chi connectivity index (χ4v) is 6.96. The molecule has 6 atom stereocenters. The number of rotatable bonds is 13. The van der Waals surface area contributed by atoms with Gasteiger partial charge in [0, 0.05) is 0 Å². The van der Waals surface area contributed by atoms with Crippen molar-refractivity contribution in [3.63, 3.8) is 0 Å². The molecule has 0 aliphatic carbocycles. The number of nitrogen functional groups attached to an aromatic ring is 1. The average Bonchev–Trinajstić information content (AvgIpc) is 3.53. The number of para-hydroxylation sites is 1. The number of aliphatic hydroxyl groups excluding tert-OH is 2. The molecular weight excluding hydrogens is 563 g/mol. The van der Waals surface area contributed by atoms with Crippen molar-refractivity contribution in [2.75, 3.05) is 18.5 Å². The topological polar surface area (TPSA) is 194 Å². The Morgan fingerprint density at radius 2 is 1.98 bits per heavy atom. The molecule has 0 amide bonds. The normalized spacial score (nSPS) is 24.3. The Kier molecular flexibility index (Phi) is 9.86. The lowest BCUT2D eigenvalue weighted by atomic mass is 9.92. The molecular formula is C28H37N6O7P. The SMILES string of the molecule is CCC(CC)COC(=O)[C@H](C)NP(=O)(CCC1O[C@@](C#N)(c2ccc3c(N)ncnn23)[C@H](O)[C@@H]1O)Oc1ccccc1. The minimum Gasteiger partial charge on any atom is -0.464 e. The van der Waals surface area contributed by atoms with Crippen LogP contribution in [0.2, 0.25) is 0 Å². The third-order valence-electron chi connectivity index (χ3n) is 7.55. The molecule has 13 nitrogen and oxygen atoms in total. The van der Waals surface area contributed by atoms with Gasteiger partial charge < -0.3 is 29.9 Å². The van der Waals surface area contributed by atoms with E-state index in [1.807, 2.05) is 19.9 Å². The van der Waals surface area contributed by atoms with Gasteiger partial charge in [-0.05, 0) is 43.5 Å². The third kappa shape index (κ3) is 6.43. The predicted molar refractivity (Wildman–Crippen MR) is 153 cm³/mol. The first-order chi connectivity index (χ1) is 20.1. The van der Waals surface area contributed by atoms with Gasteiger partial charge >= 0.3 is 13.5 Å². The van der Waals surface area contributed by atoms with Gasteiger partial charge in [0.1, 0.15) is 41.9 Å². The van der Waals surface area contributed by atoms with Crippen LogP contribution in [0.3, 0.4) is 0 Å². The Morgan fingerprint density at radius 1 is 1.26 bits per heavy atom. The highest BCUT2D eigenvalue weighted by Crippen LogP contribution is 2.47. The van der Waals surface area contributed by atoms with Crippen LogP contribution in [0.25, 0.3) is 5.52 Å². The van der Waals surface area contributed by atoms with Gasteiger partial charge in [0.2, 0.25) is 5.60 Å². The van der Waals surface area contributed by atoms with Crippen molar-refractivity contribution in [2.45, 2.75) is 70.0 Å². The number of nitriles is 1. The molecule has 3 heterocycles. The molecule has 0 saturated carbocycles. The monoisotopic (exact) mass is 600 g/mol. The van der Waals surface area contributed by atoms with E-state index < -0.39 is 43.4 Å². The standard InChI is InChI=1S/C28H37N6O7P/c1-4-19(5-2)15-39-27(37)18(3)33-42(38,41-20-9-7-6-8-10-20)14-13-22-24(35)25(36)28(16-29,40-22)23-12-11-21-26(30)31-17-32-34(21)23/h6-12,17-19,22,24-25,35-36H,4-5,13-15H2,1-3H3,(H,33,38)(H2,30,31,32)/t18-,22?,24+,25+,28-,42?/m0/s1. The number of nitrogens with two attached hydrogens (primary N) is 1. The summed E-state index contributed by atoms with van der Waals surface area (Å²) in [4.78, 5) is 16.7. The second-order valence-electron chi connectivity index (χ2n) is 10.4. The summed E-state index contributed by atoms with van der Waals surface area (Å²) < 4.78 is 32.8. The van der Waals surface area contributed by atoms with Gasteiger partial charge in [-0.1, -0.05) is 44.9 Å². The van der Waals surface area contributed by atoms with Crippen LogP contribution in [-0.2, 0) is 24.4 Å². The number of aromatic nitrogens is 3. The number of fused-ring (bicyclic) bond motifs is 1. The average molecular weight is 601 g/mol. The molecule has 4 rings (SSSR count). The number of nitrogens with zero attached hydrogens (tertiary/aromatic N) is 4. The molecule has 1 aliphatic heterocycles. The van der Waals surface area contributed by atoms with E-state index in [4.69, 9.17) is 19.7 Å². The molecule has 14 heteroatoms. The smallest absolute Gasteiger partial charge is 0.323 e. The Labute approximate surface area is 244 Å². The second kappa shape index (κ2) is 13.2. The molecule has 2 aromatic heterocycles. The van der Waals surface area contributed by atoms with Crippen LogP contribution >= 0.6 is 7.52 Å². The summed E-state index contributed by atoms with van der Waals surface area (Å²) in [5.41, 5.74) is 4.46. The van der Waals surface area contributed by atoms with Gasteiger partial charge in [-0.25, -0.2) is 14.6 Å². The summed E-state index contributed by atoms with van der Waals surface area (Å²) in [6, 6.07) is 12.6. The molecule has 0 bridgehead atoms. The molecule has 1 aromatic carbocycles. The van der Waals surface area contributed by atoms with E-state index >= 15 is 0 Å². The van der Waals surface area contributed by atoms with Crippen molar-refractivity contribution in [3.05, 3.63) is 54.5 Å². The second-order valence-corrected chi connectivity index (χ2v) is 12.6. The molecule has 0 radical (unpaired) electrons. The number of anilines is 1. The molecule has 2 unspecified atom stereocenters. The number of esters is 1. The first-order valence-corrected chi connectivity index (χ1v) is 15.7. The molecule has 0 spiro atoms. The number of carbonyl (C=O) groups is 1. The van der Waals surface area contributed by atoms with Crippen molar-refractivity contribution >= 4 is 24.8 Å². The molecule has 42 heavy (non-hydrogen) atoms. The maximum atomic E-state index is 14.1. The Balaban J connectivity index is 1.53. The van der Waals surface area contributed by atoms with Gasteiger partial charge in [-0.15, -0.1) is 0 Å². The van der Waals surface area contributed by atoms with E-state index in [0.29, 0.717) is 11.3 Å². The summed E-state index contributed by atoms with van der Waals surface area (Å²) in [5, 5.41) is 39.1. The van der Waals surface area contributed by atoms with Crippen LogP contribution in [0.5, 0.6) is 5.75 Å². The van der Waals surface area contributed by atoms with E-state index in [9.17, 15) is 24.8 Å². The molecule has 1 aliphatic rings. The van der Waals surface area contributed by atoms with Crippen molar-refractivity contribution in [1.82, 2.24) is 19.7 Å². The summed E-state index contributed by atoms with van der Waals surface area (Å²) in [7, 11) is -3.82. The van der Waals surface area contributed by atoms with Crippen LogP contribution in [0, 0.1) is 17.2 Å². The van der Waals surface area contributed by atoms with Gasteiger partial charge in [-0.2, -0.15) is 10.4 Å². The molecule has 1 saturated heterocycles. The van der Waals surface area contributed by atoms with Crippen molar-refractivity contribution in [2.24, 2.45) is 5.92 Å². The van der Waals surface area contributed by atoms with Gasteiger partial charge in [0.05, 0.1) is 24.6 Å². The lowest BCUT2D eigenvalue weighted by Crippen LogP contribution is -2.40. The number of carbonyl (C=O) groups excluding carboxylic acids is 1. The van der Waals surface area contributed by atoms with Crippen LogP contribution in [0.1, 0.15) is 45.7 Å². The number of benzene rings is 1. The van der Waals surface area contributed by atoms with Crippen molar-refractivity contribution < 1.29 is 33.6 Å². The third-order valence-corrected chi connectivity index (χ3v) is 9.68. The molecule has 5 N–H and O–H groups in total. The zero-order valence-corrected chi connectivity index (χ0v) is 24.7. The van der Waals surface area contributed by atoms with E-state index in [1.54, 1.807) is 36.4 Å². The quantitative estimate of drug-likeness (QED) is 0.166. The lowest BCUT2D eigenvalue weighted by Gasteiger charge is -2.26. The van der Waals surface area contributed by atoms with Gasteiger partial charge in [0.15, 0.2) is 5.82 Å². The number of hydrogen-bond acceptors (Lipinski definition) is 11. The zero-order chi connectivity index (χ0) is 30.5. The Morgan fingerprint density at radius 3 is 2.64 bits per heavy atom. The van der Waals surface area contributed by atoms with E-state index in [2.05, 4.69) is 15.2 Å². The van der Waals surface area contributed by atoms with Crippen LogP contribution < -0.4 is 15.3 Å². The summed E-state index contributed by atoms with van der Waals surface area (Å²) >= 11 is 0. The Bertz CT molecular complexity index is 1460. The maximum absolute atomic E-state index is 14.1. The number of ether oxygens (including phenoxy) is 2. The van der Waals surface area contributed by atoms with E-state index in [1.165, 1.54) is 23.8 Å². The zero-order valence-electron chi connectivity index (χ0n) is 23.8. The number of aliphatic hydroxyl groups is 2. The first-order valence-electron chi connectivity index (χ1n) is 13.9. The highest BCUT2D eigenvalue weighted by Gasteiger charge is 2.57. The fraction of sp³-hybridized carbons (Fsp3) is 0.500.